The molecule has 0 spiro atoms. The van der Waals surface area contributed by atoms with E-state index in [4.69, 9.17) is 0 Å². The average Bonchev–Trinajstić information content (AvgIpc) is 2.60. The van der Waals surface area contributed by atoms with Crippen molar-refractivity contribution in [2.75, 3.05) is 26.7 Å². The molecule has 0 amide bonds. The van der Waals surface area contributed by atoms with Gasteiger partial charge in [-0.2, -0.15) is 5.26 Å². The molecule has 0 aromatic rings. The zero-order valence-corrected chi connectivity index (χ0v) is 15.9. The quantitative estimate of drug-likeness (QED) is 0.193. The van der Waals surface area contributed by atoms with Gasteiger partial charge in [-0.25, -0.2) is 0 Å². The van der Waals surface area contributed by atoms with Gasteiger partial charge in [-0.1, -0.05) is 32.9 Å². The molecule has 0 aliphatic heterocycles. The molecule has 0 aromatic carbocycles. The van der Waals surface area contributed by atoms with Gasteiger partial charge < -0.3 is 20.8 Å². The van der Waals surface area contributed by atoms with Crippen LogP contribution in [0.1, 0.15) is 51.9 Å². The number of hydrogen-bond donors (Lipinski definition) is 4. The first kappa shape index (κ1) is 23.4. The Bertz CT molecular complexity index is 420. The molecule has 0 heterocycles. The molecule has 0 rings (SSSR count). The number of allylic oxidation sites excluding steroid dienone is 2. The summed E-state index contributed by atoms with van der Waals surface area (Å²) in [6, 6.07) is 0. The van der Waals surface area contributed by atoms with Crippen LogP contribution in [0.3, 0.4) is 0 Å². The minimum Gasteiger partial charge on any atom is -0.390 e. The Morgan fingerprint density at radius 1 is 1.16 bits per heavy atom. The first-order chi connectivity index (χ1) is 12.0. The van der Waals surface area contributed by atoms with E-state index in [1.54, 1.807) is 4.90 Å². The molecule has 0 bridgehead atoms. The molecule has 6 nitrogen and oxygen atoms in total. The Kier molecular flexibility index (Phi) is 13.8. The number of nitriles is 1. The summed E-state index contributed by atoms with van der Waals surface area (Å²) in [7, 11) is 1.94. The molecule has 0 radical (unpaired) electrons. The van der Waals surface area contributed by atoms with E-state index < -0.39 is 12.2 Å². The third kappa shape index (κ3) is 11.6. The fraction of sp³-hybridized carbons (Fsp3) is 0.737. The van der Waals surface area contributed by atoms with Crippen LogP contribution in [0.5, 0.6) is 0 Å². The summed E-state index contributed by atoms with van der Waals surface area (Å²) in [5, 5.41) is 35.0. The Morgan fingerprint density at radius 3 is 2.48 bits per heavy atom. The Labute approximate surface area is 153 Å². The van der Waals surface area contributed by atoms with Gasteiger partial charge in [-0.05, 0) is 45.7 Å². The fourth-order valence-corrected chi connectivity index (χ4v) is 2.42. The van der Waals surface area contributed by atoms with E-state index in [9.17, 15) is 15.5 Å². The molecule has 144 valence electrons. The van der Waals surface area contributed by atoms with E-state index in [-0.39, 0.29) is 6.54 Å². The highest BCUT2D eigenvalue weighted by Gasteiger charge is 2.15. The molecule has 2 unspecified atom stereocenters. The summed E-state index contributed by atoms with van der Waals surface area (Å²) in [4.78, 5) is 1.65. The van der Waals surface area contributed by atoms with E-state index in [0.29, 0.717) is 25.8 Å². The summed E-state index contributed by atoms with van der Waals surface area (Å²) >= 11 is 0. The summed E-state index contributed by atoms with van der Waals surface area (Å²) in [5.41, 5.74) is 1.56. The predicted molar refractivity (Wildman–Crippen MR) is 103 cm³/mol. The lowest BCUT2D eigenvalue weighted by Crippen LogP contribution is -2.35. The van der Waals surface area contributed by atoms with E-state index in [1.807, 2.05) is 14.0 Å². The van der Waals surface area contributed by atoms with Crippen LogP contribution in [0.25, 0.3) is 0 Å². The minimum atomic E-state index is -0.798. The van der Waals surface area contributed by atoms with Crippen molar-refractivity contribution in [1.82, 2.24) is 15.5 Å². The molecule has 0 aliphatic rings. The number of rotatable bonds is 16. The van der Waals surface area contributed by atoms with E-state index >= 15 is 0 Å². The Morgan fingerprint density at radius 2 is 1.88 bits per heavy atom. The lowest BCUT2D eigenvalue weighted by molar-refractivity contribution is 0.0162. The topological polar surface area (TPSA) is 91.6 Å². The summed E-state index contributed by atoms with van der Waals surface area (Å²) < 4.78 is 0. The third-order valence-electron chi connectivity index (χ3n) is 4.12. The summed E-state index contributed by atoms with van der Waals surface area (Å²) in [5.74, 6) is 0. The molecular weight excluding hydrogens is 316 g/mol. The van der Waals surface area contributed by atoms with Crippen molar-refractivity contribution < 1.29 is 10.2 Å². The summed E-state index contributed by atoms with van der Waals surface area (Å²) in [6.45, 7) is 11.9. The summed E-state index contributed by atoms with van der Waals surface area (Å²) in [6.07, 6.45) is 6.54. The Balaban J connectivity index is 4.00. The van der Waals surface area contributed by atoms with Crippen LogP contribution in [0.4, 0.5) is 0 Å². The maximum Gasteiger partial charge on any atom is 0.183 e. The lowest BCUT2D eigenvalue weighted by atomic mass is 10.1. The standard InChI is InChI=1S/C19H36N4O2/c1-5-9-18(24)19(25)14-22-16(2)10-11-17(3)23(15-20)13-8-6-7-12-21-4/h18-19,21-22,24-25H,2-3,5-14H2,1,4H3. The van der Waals surface area contributed by atoms with Gasteiger partial charge in [0.2, 0.25) is 0 Å². The van der Waals surface area contributed by atoms with Crippen LogP contribution in [-0.4, -0.2) is 54.0 Å². The normalized spacial score (nSPS) is 12.9. The van der Waals surface area contributed by atoms with Gasteiger partial charge in [0.15, 0.2) is 6.19 Å². The molecule has 4 N–H and O–H groups in total. The van der Waals surface area contributed by atoms with E-state index in [2.05, 4.69) is 30.0 Å². The number of nitrogens with one attached hydrogen (secondary N) is 2. The molecule has 0 fully saturated rings. The number of unbranched alkanes of at least 4 members (excludes halogenated alkanes) is 2. The van der Waals surface area contributed by atoms with Crippen molar-refractivity contribution in [2.24, 2.45) is 0 Å². The zero-order chi connectivity index (χ0) is 19.1. The van der Waals surface area contributed by atoms with Gasteiger partial charge >= 0.3 is 0 Å². The largest absolute Gasteiger partial charge is 0.390 e. The van der Waals surface area contributed by atoms with Crippen molar-refractivity contribution in [3.05, 3.63) is 24.6 Å². The van der Waals surface area contributed by atoms with Crippen molar-refractivity contribution in [1.29, 1.82) is 5.26 Å². The predicted octanol–water partition coefficient (Wildman–Crippen LogP) is 2.08. The average molecular weight is 353 g/mol. The van der Waals surface area contributed by atoms with Gasteiger partial charge in [-0.3, -0.25) is 4.90 Å². The van der Waals surface area contributed by atoms with Crippen LogP contribution < -0.4 is 10.6 Å². The van der Waals surface area contributed by atoms with E-state index in [1.165, 1.54) is 0 Å². The SMILES string of the molecule is C=C(CCC(=C)N(C#N)CCCCCNC)NCC(O)C(O)CCC. The second kappa shape index (κ2) is 14.8. The molecule has 6 heteroatoms. The Hall–Kier alpha value is -1.55. The molecule has 0 aromatic heterocycles. The monoisotopic (exact) mass is 352 g/mol. The van der Waals surface area contributed by atoms with Gasteiger partial charge in [0.25, 0.3) is 0 Å². The van der Waals surface area contributed by atoms with Crippen LogP contribution in [0.15, 0.2) is 24.6 Å². The van der Waals surface area contributed by atoms with E-state index in [0.717, 1.165) is 43.6 Å². The highest BCUT2D eigenvalue weighted by molar-refractivity contribution is 5.04. The van der Waals surface area contributed by atoms with Crippen LogP contribution in [0, 0.1) is 11.5 Å². The van der Waals surface area contributed by atoms with Crippen molar-refractivity contribution in [3.8, 4) is 6.19 Å². The van der Waals surface area contributed by atoms with Crippen LogP contribution in [0.2, 0.25) is 0 Å². The van der Waals surface area contributed by atoms with Crippen LogP contribution >= 0.6 is 0 Å². The lowest BCUT2D eigenvalue weighted by Gasteiger charge is -2.21. The molecular formula is C19H36N4O2. The third-order valence-corrected chi connectivity index (χ3v) is 4.12. The molecule has 25 heavy (non-hydrogen) atoms. The van der Waals surface area contributed by atoms with Crippen molar-refractivity contribution in [2.45, 2.75) is 64.1 Å². The molecule has 0 aliphatic carbocycles. The maximum absolute atomic E-state index is 9.83. The van der Waals surface area contributed by atoms with Crippen LogP contribution in [-0.2, 0) is 0 Å². The highest BCUT2D eigenvalue weighted by atomic mass is 16.3. The highest BCUT2D eigenvalue weighted by Crippen LogP contribution is 2.13. The smallest absolute Gasteiger partial charge is 0.183 e. The number of hydrogen-bond acceptors (Lipinski definition) is 6. The minimum absolute atomic E-state index is 0.278. The number of aliphatic hydroxyl groups is 2. The second-order valence-electron chi connectivity index (χ2n) is 6.39. The molecule has 2 atom stereocenters. The van der Waals surface area contributed by atoms with Gasteiger partial charge in [-0.15, -0.1) is 0 Å². The van der Waals surface area contributed by atoms with Gasteiger partial charge in [0.1, 0.15) is 0 Å². The molecule has 0 saturated carbocycles. The fourth-order valence-electron chi connectivity index (χ4n) is 2.42. The first-order valence-corrected chi connectivity index (χ1v) is 9.23. The first-order valence-electron chi connectivity index (χ1n) is 9.23. The van der Waals surface area contributed by atoms with Gasteiger partial charge in [0.05, 0.1) is 12.2 Å². The molecule has 0 saturated heterocycles. The maximum atomic E-state index is 9.83. The zero-order valence-electron chi connectivity index (χ0n) is 15.9. The number of nitrogens with zero attached hydrogens (tertiary/aromatic N) is 2. The van der Waals surface area contributed by atoms with Gasteiger partial charge in [0, 0.05) is 24.5 Å². The van der Waals surface area contributed by atoms with Crippen molar-refractivity contribution in [3.63, 3.8) is 0 Å². The second-order valence-corrected chi connectivity index (χ2v) is 6.39. The van der Waals surface area contributed by atoms with Crippen molar-refractivity contribution >= 4 is 0 Å². The number of aliphatic hydroxyl groups excluding tert-OH is 2.